The molecular weight excluding hydrogens is 397 g/mol. The van der Waals surface area contributed by atoms with E-state index in [0.29, 0.717) is 0 Å². The molecule has 0 unspecified atom stereocenters. The first-order chi connectivity index (χ1) is 13.0. The van der Waals surface area contributed by atoms with E-state index in [1.165, 1.54) is 0 Å². The van der Waals surface area contributed by atoms with Crippen LogP contribution in [0.5, 0.6) is 0 Å². The van der Waals surface area contributed by atoms with Crippen molar-refractivity contribution in [2.45, 2.75) is 11.6 Å². The molecule has 0 atom stereocenters. The Bertz CT molecular complexity index is 616. The quantitative estimate of drug-likeness (QED) is 0.357. The fourth-order valence-corrected chi connectivity index (χ4v) is 12.5. The molecule has 2 aromatic rings. The van der Waals surface area contributed by atoms with Crippen molar-refractivity contribution in [1.82, 2.24) is 0 Å². The standard InChI is InChI=1S/2C8H11NO2P.2CH3.Al/c2*1-10-12(11-2)9-8-6-4-3-5-7-8;;;/h2*3-7H,1-2H3;2*1H3;/q2*-1;;;+1. The third-order valence-corrected chi connectivity index (χ3v) is 14.1. The molecule has 0 aromatic heterocycles. The van der Waals surface area contributed by atoms with E-state index in [2.05, 4.69) is 43.1 Å². The first-order valence-corrected chi connectivity index (χ1v) is 14.3. The van der Waals surface area contributed by atoms with Gasteiger partial charge in [-0.25, -0.2) is 0 Å². The van der Waals surface area contributed by atoms with Gasteiger partial charge in [0.05, 0.1) is 0 Å². The number of hydrogen-bond donors (Lipinski definition) is 0. The molecule has 2 aromatic carbocycles. The first-order valence-electron chi connectivity index (χ1n) is 8.70. The van der Waals surface area contributed by atoms with E-state index in [4.69, 9.17) is 18.1 Å². The van der Waals surface area contributed by atoms with Crippen molar-refractivity contribution in [1.29, 1.82) is 0 Å². The van der Waals surface area contributed by atoms with Crippen LogP contribution >= 0.6 is 17.1 Å². The second-order valence-corrected chi connectivity index (χ2v) is 14.9. The third kappa shape index (κ3) is 5.21. The maximum atomic E-state index is 5.74. The molecule has 6 nitrogen and oxygen atoms in total. The predicted octanol–water partition coefficient (Wildman–Crippen LogP) is 5.74. The van der Waals surface area contributed by atoms with Crippen LogP contribution in [0.3, 0.4) is 0 Å². The number of anilines is 2. The van der Waals surface area contributed by atoms with Crippen LogP contribution < -0.4 is 7.31 Å². The number of benzene rings is 2. The lowest BCUT2D eigenvalue weighted by Gasteiger charge is -2.55. The highest BCUT2D eigenvalue weighted by Gasteiger charge is 2.43. The van der Waals surface area contributed by atoms with Gasteiger partial charge in [0.2, 0.25) is 17.1 Å². The lowest BCUT2D eigenvalue weighted by Crippen LogP contribution is -2.59. The Kier molecular flexibility index (Phi) is 8.96. The number of nitrogens with zero attached hydrogens (tertiary/aromatic N) is 2. The molecule has 0 saturated heterocycles. The van der Waals surface area contributed by atoms with Crippen LogP contribution in [-0.4, -0.2) is 42.0 Å². The molecule has 0 aliphatic heterocycles. The van der Waals surface area contributed by atoms with E-state index in [1.54, 1.807) is 28.4 Å². The Labute approximate surface area is 168 Å². The zero-order valence-electron chi connectivity index (χ0n) is 16.8. The lowest BCUT2D eigenvalue weighted by atomic mass is 10.3. The van der Waals surface area contributed by atoms with Crippen LogP contribution in [0, 0.1) is 0 Å². The van der Waals surface area contributed by atoms with E-state index in [9.17, 15) is 0 Å². The second kappa shape index (κ2) is 10.7. The molecule has 0 fully saturated rings. The minimum atomic E-state index is -2.80. The summed E-state index contributed by atoms with van der Waals surface area (Å²) in [5, 5.41) is 0. The van der Waals surface area contributed by atoms with E-state index < -0.39 is 30.6 Å². The van der Waals surface area contributed by atoms with Crippen LogP contribution in [0.25, 0.3) is 0 Å². The SMILES string of the molecule is COP(OC)[N](c1ccccc1)[Al-]([CH3])([CH3])[N](c1ccccc1)P(OC)OC. The highest BCUT2D eigenvalue weighted by Crippen LogP contribution is 2.55. The van der Waals surface area contributed by atoms with Gasteiger partial charge in [-0.2, -0.15) is 11.6 Å². The van der Waals surface area contributed by atoms with Crippen molar-refractivity contribution < 1.29 is 18.1 Å². The third-order valence-electron chi connectivity index (χ3n) is 4.22. The molecule has 0 N–H and O–H groups in total. The molecule has 0 heterocycles. The van der Waals surface area contributed by atoms with Crippen molar-refractivity contribution in [3.8, 4) is 0 Å². The van der Waals surface area contributed by atoms with Gasteiger partial charge in [-0.1, -0.05) is 36.4 Å². The molecule has 148 valence electrons. The van der Waals surface area contributed by atoms with Gasteiger partial charge in [0.1, 0.15) is 0 Å². The van der Waals surface area contributed by atoms with Gasteiger partial charge < -0.3 is 25.4 Å². The number of para-hydroxylation sites is 2. The average Bonchev–Trinajstić information content (AvgIpc) is 2.70. The number of rotatable bonds is 10. The van der Waals surface area contributed by atoms with Crippen LogP contribution in [0.1, 0.15) is 0 Å². The fourth-order valence-electron chi connectivity index (χ4n) is 3.15. The fraction of sp³-hybridized carbons (Fsp3) is 0.333. The van der Waals surface area contributed by atoms with Gasteiger partial charge in [-0.15, -0.1) is 0 Å². The van der Waals surface area contributed by atoms with Crippen LogP contribution in [0.2, 0.25) is 11.6 Å². The summed E-state index contributed by atoms with van der Waals surface area (Å²) in [7, 11) is 4.18. The van der Waals surface area contributed by atoms with Gasteiger partial charge in [-0.05, 0) is 35.6 Å². The summed E-state index contributed by atoms with van der Waals surface area (Å²) in [4.78, 5) is 0. The van der Waals surface area contributed by atoms with Crippen molar-refractivity contribution in [2.24, 2.45) is 0 Å². The monoisotopic (exact) mass is 425 g/mol. The van der Waals surface area contributed by atoms with Gasteiger partial charge in [0, 0.05) is 28.4 Å². The Balaban J connectivity index is 2.61. The number of hydrogen-bond acceptors (Lipinski definition) is 6. The maximum absolute atomic E-state index is 5.74. The van der Waals surface area contributed by atoms with E-state index in [0.717, 1.165) is 11.4 Å². The molecule has 0 radical (unpaired) electrons. The summed E-state index contributed by atoms with van der Waals surface area (Å²) in [6, 6.07) is 20.5. The summed E-state index contributed by atoms with van der Waals surface area (Å²) >= 11 is -2.80. The van der Waals surface area contributed by atoms with Crippen molar-refractivity contribution >= 4 is 41.9 Å². The van der Waals surface area contributed by atoms with Gasteiger partial charge in [0.15, 0.2) is 0 Å². The summed E-state index contributed by atoms with van der Waals surface area (Å²) in [6.07, 6.45) is 0. The molecule has 9 heteroatoms. The van der Waals surface area contributed by atoms with Crippen LogP contribution in [-0.2, 0) is 18.1 Å². The zero-order chi connectivity index (χ0) is 19.9. The maximum Gasteiger partial charge on any atom is 0.403 e. The molecule has 0 aliphatic rings. The highest BCUT2D eigenvalue weighted by atomic mass is 31.2. The molecule has 0 bridgehead atoms. The topological polar surface area (TPSA) is 43.4 Å². The van der Waals surface area contributed by atoms with E-state index in [-0.39, 0.29) is 0 Å². The first kappa shape index (κ1) is 22.6. The average molecular weight is 425 g/mol. The van der Waals surface area contributed by atoms with Gasteiger partial charge >= 0.3 is 13.5 Å². The lowest BCUT2D eigenvalue weighted by molar-refractivity contribution is 0.339. The smallest absolute Gasteiger partial charge is 0.403 e. The van der Waals surface area contributed by atoms with Gasteiger partial charge in [0.25, 0.3) is 0 Å². The molecule has 0 saturated carbocycles. The summed E-state index contributed by atoms with van der Waals surface area (Å²) in [5.41, 5.74) is 2.12. The molecular formula is C18H28AlN2O4P2-. The summed E-state index contributed by atoms with van der Waals surface area (Å²) in [6.45, 7) is 0. The largest absolute Gasteiger partial charge is 0.507 e. The minimum absolute atomic E-state index is 1.06. The Hall–Kier alpha value is -0.728. The minimum Gasteiger partial charge on any atom is -0.507 e. The van der Waals surface area contributed by atoms with Crippen molar-refractivity contribution in [2.75, 3.05) is 35.7 Å². The van der Waals surface area contributed by atoms with Crippen molar-refractivity contribution in [3.05, 3.63) is 60.7 Å². The van der Waals surface area contributed by atoms with Crippen LogP contribution in [0.15, 0.2) is 60.7 Å². The summed E-state index contributed by atoms with van der Waals surface area (Å²) in [5.74, 6) is 4.54. The molecule has 0 amide bonds. The highest BCUT2D eigenvalue weighted by molar-refractivity contribution is 7.58. The van der Waals surface area contributed by atoms with E-state index in [1.807, 2.05) is 36.4 Å². The molecule has 2 rings (SSSR count). The Morgan fingerprint density at radius 1 is 0.593 bits per heavy atom. The molecule has 0 spiro atoms. The Morgan fingerprint density at radius 2 is 0.889 bits per heavy atom. The van der Waals surface area contributed by atoms with Gasteiger partial charge in [-0.3, -0.25) is 0 Å². The summed E-state index contributed by atoms with van der Waals surface area (Å²) < 4.78 is 27.6. The van der Waals surface area contributed by atoms with Crippen LogP contribution in [0.4, 0.5) is 11.4 Å². The van der Waals surface area contributed by atoms with E-state index >= 15 is 0 Å². The second-order valence-electron chi connectivity index (χ2n) is 6.29. The molecule has 27 heavy (non-hydrogen) atoms. The van der Waals surface area contributed by atoms with Crippen molar-refractivity contribution in [3.63, 3.8) is 0 Å². The predicted molar refractivity (Wildman–Crippen MR) is 117 cm³/mol. The zero-order valence-corrected chi connectivity index (χ0v) is 19.7. The Morgan fingerprint density at radius 3 is 1.15 bits per heavy atom. The molecule has 0 aliphatic carbocycles. The normalized spacial score (nSPS) is 11.9.